The van der Waals surface area contributed by atoms with Crippen LogP contribution in [-0.4, -0.2) is 79.2 Å². The zero-order chi connectivity index (χ0) is 21.1. The molecule has 3 N–H and O–H groups in total. The number of amides is 1. The summed E-state index contributed by atoms with van der Waals surface area (Å²) in [6.45, 7) is 4.70. The Bertz CT molecular complexity index is 714. The Balaban J connectivity index is 0.000000755. The summed E-state index contributed by atoms with van der Waals surface area (Å²) in [4.78, 5) is 23.0. The second-order valence-electron chi connectivity index (χ2n) is 8.49. The minimum atomic E-state index is -0.691. The van der Waals surface area contributed by atoms with Crippen LogP contribution in [0.3, 0.4) is 0 Å². The fourth-order valence-electron chi connectivity index (χ4n) is 4.28. The average Bonchev–Trinajstić information content (AvgIpc) is 3.46. The predicted molar refractivity (Wildman–Crippen MR) is 103 cm³/mol. The molecule has 10 heteroatoms. The standard InChI is InChI=1S/C18H29N5O3.CH2O2/c1-17(20-15(24)13-3-4-13)7-10-26-18(16(17)25)5-8-23(9-6-18)11-14-21-19-12-22(14)2;2-1-3/h12-13,16,25H,3-11H2,1-2H3,(H,20,24);1H,(H,2,3)/t16-,17+;/m1./s1. The number of aliphatic hydroxyl groups is 1. The normalized spacial score (nSPS) is 29.0. The Kier molecular flexibility index (Phi) is 6.55. The monoisotopic (exact) mass is 409 g/mol. The van der Waals surface area contributed by atoms with Gasteiger partial charge in [-0.05, 0) is 39.0 Å². The van der Waals surface area contributed by atoms with Crippen molar-refractivity contribution in [3.05, 3.63) is 12.2 Å². The van der Waals surface area contributed by atoms with Crippen molar-refractivity contribution in [3.8, 4) is 0 Å². The molecule has 1 saturated carbocycles. The van der Waals surface area contributed by atoms with E-state index < -0.39 is 17.2 Å². The molecule has 4 rings (SSSR count). The Morgan fingerprint density at radius 3 is 2.59 bits per heavy atom. The molecule has 1 spiro atoms. The highest BCUT2D eigenvalue weighted by atomic mass is 16.5. The molecule has 1 amide bonds. The number of ether oxygens (including phenoxy) is 1. The van der Waals surface area contributed by atoms with Gasteiger partial charge in [0.2, 0.25) is 5.91 Å². The van der Waals surface area contributed by atoms with Crippen LogP contribution in [0.1, 0.15) is 44.9 Å². The third kappa shape index (κ3) is 4.76. The quantitative estimate of drug-likeness (QED) is 0.589. The highest BCUT2D eigenvalue weighted by Crippen LogP contribution is 2.41. The van der Waals surface area contributed by atoms with Gasteiger partial charge in [0, 0.05) is 32.7 Å². The molecular formula is C19H31N5O5. The predicted octanol–water partition coefficient (Wildman–Crippen LogP) is -0.0834. The third-order valence-electron chi connectivity index (χ3n) is 6.34. The molecule has 2 atom stereocenters. The first-order chi connectivity index (χ1) is 13.8. The van der Waals surface area contributed by atoms with Gasteiger partial charge in [0.1, 0.15) is 18.3 Å². The summed E-state index contributed by atoms with van der Waals surface area (Å²) in [5, 5.41) is 29.3. The van der Waals surface area contributed by atoms with Crippen molar-refractivity contribution < 1.29 is 24.5 Å². The van der Waals surface area contributed by atoms with Gasteiger partial charge in [0.25, 0.3) is 6.47 Å². The molecule has 3 fully saturated rings. The number of carbonyl (C=O) groups excluding carboxylic acids is 1. The molecule has 1 aromatic heterocycles. The second kappa shape index (κ2) is 8.76. The van der Waals surface area contributed by atoms with Crippen molar-refractivity contribution in [2.45, 2.75) is 62.8 Å². The maximum absolute atomic E-state index is 12.3. The van der Waals surface area contributed by atoms with Crippen LogP contribution in [0.5, 0.6) is 0 Å². The molecule has 0 bridgehead atoms. The van der Waals surface area contributed by atoms with E-state index in [2.05, 4.69) is 20.4 Å². The zero-order valence-electron chi connectivity index (χ0n) is 17.1. The Morgan fingerprint density at radius 2 is 2.03 bits per heavy atom. The van der Waals surface area contributed by atoms with Gasteiger partial charge >= 0.3 is 0 Å². The van der Waals surface area contributed by atoms with Crippen LogP contribution in [0.4, 0.5) is 0 Å². The number of aryl methyl sites for hydroxylation is 1. The summed E-state index contributed by atoms with van der Waals surface area (Å²) >= 11 is 0. The van der Waals surface area contributed by atoms with E-state index in [1.807, 2.05) is 18.5 Å². The number of nitrogens with zero attached hydrogens (tertiary/aromatic N) is 4. The van der Waals surface area contributed by atoms with Gasteiger partial charge < -0.3 is 24.8 Å². The molecule has 2 saturated heterocycles. The van der Waals surface area contributed by atoms with E-state index >= 15 is 0 Å². The minimum absolute atomic E-state index is 0.0864. The van der Waals surface area contributed by atoms with Crippen LogP contribution in [-0.2, 0) is 27.9 Å². The smallest absolute Gasteiger partial charge is 0.290 e. The number of hydrogen-bond acceptors (Lipinski definition) is 7. The second-order valence-corrected chi connectivity index (χ2v) is 8.49. The van der Waals surface area contributed by atoms with Gasteiger partial charge in [-0.3, -0.25) is 14.5 Å². The first kappa shape index (κ1) is 21.7. The lowest BCUT2D eigenvalue weighted by Crippen LogP contribution is -2.69. The summed E-state index contributed by atoms with van der Waals surface area (Å²) in [6.07, 6.45) is 5.11. The number of likely N-dealkylation sites (tertiary alicyclic amines) is 1. The lowest BCUT2D eigenvalue weighted by Gasteiger charge is -2.53. The summed E-state index contributed by atoms with van der Waals surface area (Å²) in [6, 6.07) is 0. The molecule has 162 valence electrons. The van der Waals surface area contributed by atoms with Gasteiger partial charge in [-0.15, -0.1) is 10.2 Å². The number of aliphatic hydroxyl groups excluding tert-OH is 1. The molecule has 1 aliphatic carbocycles. The molecule has 2 aliphatic heterocycles. The molecule has 1 aromatic rings. The third-order valence-corrected chi connectivity index (χ3v) is 6.34. The number of aromatic nitrogens is 3. The van der Waals surface area contributed by atoms with Crippen LogP contribution in [0.2, 0.25) is 0 Å². The highest BCUT2D eigenvalue weighted by molar-refractivity contribution is 5.81. The molecule has 29 heavy (non-hydrogen) atoms. The number of hydrogen-bond donors (Lipinski definition) is 3. The van der Waals surface area contributed by atoms with E-state index in [9.17, 15) is 9.90 Å². The first-order valence-corrected chi connectivity index (χ1v) is 10.1. The van der Waals surface area contributed by atoms with Gasteiger partial charge in [-0.25, -0.2) is 0 Å². The van der Waals surface area contributed by atoms with Gasteiger partial charge in [0.15, 0.2) is 0 Å². The number of carbonyl (C=O) groups is 2. The number of nitrogens with one attached hydrogen (secondary N) is 1. The maximum atomic E-state index is 12.3. The van der Waals surface area contributed by atoms with Crippen molar-refractivity contribution >= 4 is 12.4 Å². The van der Waals surface area contributed by atoms with E-state index in [0.29, 0.717) is 13.0 Å². The largest absolute Gasteiger partial charge is 0.483 e. The summed E-state index contributed by atoms with van der Waals surface area (Å²) in [7, 11) is 1.95. The van der Waals surface area contributed by atoms with Crippen molar-refractivity contribution in [2.75, 3.05) is 19.7 Å². The number of rotatable bonds is 4. The van der Waals surface area contributed by atoms with Crippen molar-refractivity contribution in [1.29, 1.82) is 0 Å². The summed E-state index contributed by atoms with van der Waals surface area (Å²) in [5.74, 6) is 1.17. The molecule has 0 aromatic carbocycles. The molecular weight excluding hydrogens is 378 g/mol. The lowest BCUT2D eigenvalue weighted by atomic mass is 9.73. The molecule has 0 radical (unpaired) electrons. The maximum Gasteiger partial charge on any atom is 0.290 e. The molecule has 10 nitrogen and oxygen atoms in total. The summed E-state index contributed by atoms with van der Waals surface area (Å²) in [5.41, 5.74) is -1.18. The molecule has 0 unspecified atom stereocenters. The molecule has 3 heterocycles. The first-order valence-electron chi connectivity index (χ1n) is 10.1. The van der Waals surface area contributed by atoms with E-state index in [1.54, 1.807) is 6.33 Å². The molecule has 3 aliphatic rings. The highest BCUT2D eigenvalue weighted by Gasteiger charge is 2.54. The van der Waals surface area contributed by atoms with Crippen molar-refractivity contribution in [2.24, 2.45) is 13.0 Å². The fourth-order valence-corrected chi connectivity index (χ4v) is 4.28. The van der Waals surface area contributed by atoms with E-state index in [-0.39, 0.29) is 18.3 Å². The number of carboxylic acid groups (broad SMARTS) is 1. The Morgan fingerprint density at radius 1 is 1.38 bits per heavy atom. The zero-order valence-corrected chi connectivity index (χ0v) is 17.1. The van der Waals surface area contributed by atoms with Gasteiger partial charge in [0.05, 0.1) is 17.7 Å². The topological polar surface area (TPSA) is 130 Å². The fraction of sp³-hybridized carbons (Fsp3) is 0.789. The van der Waals surface area contributed by atoms with Crippen LogP contribution in [0.25, 0.3) is 0 Å². The average molecular weight is 409 g/mol. The van der Waals surface area contributed by atoms with Gasteiger partial charge in [-0.1, -0.05) is 0 Å². The van der Waals surface area contributed by atoms with Crippen LogP contribution >= 0.6 is 0 Å². The Labute approximate surface area is 170 Å². The minimum Gasteiger partial charge on any atom is -0.483 e. The van der Waals surface area contributed by atoms with E-state index in [4.69, 9.17) is 14.6 Å². The van der Waals surface area contributed by atoms with Crippen molar-refractivity contribution in [1.82, 2.24) is 25.0 Å². The van der Waals surface area contributed by atoms with Gasteiger partial charge in [-0.2, -0.15) is 0 Å². The number of piperidine rings is 1. The Hall–Kier alpha value is -2.04. The van der Waals surface area contributed by atoms with E-state index in [0.717, 1.165) is 51.1 Å². The lowest BCUT2D eigenvalue weighted by molar-refractivity contribution is -0.208. The van der Waals surface area contributed by atoms with E-state index in [1.165, 1.54) is 0 Å². The van der Waals surface area contributed by atoms with Crippen LogP contribution in [0.15, 0.2) is 6.33 Å². The van der Waals surface area contributed by atoms with Crippen LogP contribution in [0, 0.1) is 5.92 Å². The SMILES string of the molecule is Cn1cnnc1CN1CCC2(CC1)OCC[C@](C)(NC(=O)C1CC1)[C@H]2O.O=CO. The van der Waals surface area contributed by atoms with Crippen LogP contribution < -0.4 is 5.32 Å². The van der Waals surface area contributed by atoms with Crippen molar-refractivity contribution in [3.63, 3.8) is 0 Å². The summed E-state index contributed by atoms with van der Waals surface area (Å²) < 4.78 is 8.05.